The summed E-state index contributed by atoms with van der Waals surface area (Å²) in [6.45, 7) is 6.65. The third-order valence-corrected chi connectivity index (χ3v) is 8.34. The van der Waals surface area contributed by atoms with Gasteiger partial charge < -0.3 is 10.6 Å². The van der Waals surface area contributed by atoms with Crippen LogP contribution in [0.5, 0.6) is 0 Å². The van der Waals surface area contributed by atoms with E-state index in [0.717, 1.165) is 30.8 Å². The number of rotatable bonds is 7. The van der Waals surface area contributed by atoms with Crippen molar-refractivity contribution in [2.45, 2.75) is 37.9 Å². The molecule has 1 saturated heterocycles. The van der Waals surface area contributed by atoms with E-state index in [-0.39, 0.29) is 34.5 Å². The number of para-hydroxylation sites is 1. The molecule has 1 atom stereocenters. The summed E-state index contributed by atoms with van der Waals surface area (Å²) >= 11 is 1.98. The van der Waals surface area contributed by atoms with E-state index in [1.807, 2.05) is 43.0 Å². The monoisotopic (exact) mass is 538 g/mol. The van der Waals surface area contributed by atoms with E-state index in [2.05, 4.69) is 22.5 Å². The van der Waals surface area contributed by atoms with Crippen LogP contribution in [0.3, 0.4) is 0 Å². The van der Waals surface area contributed by atoms with Crippen LogP contribution in [0.1, 0.15) is 32.3 Å². The molecule has 0 aliphatic carbocycles. The summed E-state index contributed by atoms with van der Waals surface area (Å²) in [7, 11) is -3.34. The second-order valence-corrected chi connectivity index (χ2v) is 11.0. The predicted molar refractivity (Wildman–Crippen MR) is 131 cm³/mol. The van der Waals surface area contributed by atoms with Gasteiger partial charge >= 0.3 is 0 Å². The topological polar surface area (TPSA) is 73.8 Å². The van der Waals surface area contributed by atoms with Gasteiger partial charge in [-0.2, -0.15) is 11.8 Å². The molecule has 6 nitrogen and oxygen atoms in total. The van der Waals surface area contributed by atoms with Gasteiger partial charge in [-0.3, -0.25) is 9.30 Å². The van der Waals surface area contributed by atoms with Gasteiger partial charge in [-0.25, -0.2) is 8.42 Å². The summed E-state index contributed by atoms with van der Waals surface area (Å²) < 4.78 is 27.3. The van der Waals surface area contributed by atoms with Crippen LogP contribution in [0.2, 0.25) is 0 Å². The number of aliphatic imine (C=N–C) groups is 1. The van der Waals surface area contributed by atoms with Crippen molar-refractivity contribution in [3.05, 3.63) is 29.8 Å². The standard InChI is InChI=1S/C19H30N4O2S2.HI/c1-3-20-18(22-15-19(2)10-6-13-26-19)21-11-14-27(24,25)23-12-9-16-7-4-5-8-17(16)23;/h4-5,7-8H,3,6,9-15H2,1-2H3,(H2,20,21,22);1H. The molecule has 0 amide bonds. The summed E-state index contributed by atoms with van der Waals surface area (Å²) in [4.78, 5) is 4.69. The molecule has 2 N–H and O–H groups in total. The smallest absolute Gasteiger partial charge is 0.236 e. The molecule has 0 aromatic heterocycles. The van der Waals surface area contributed by atoms with Gasteiger partial charge in [-0.05, 0) is 50.5 Å². The Morgan fingerprint density at radius 3 is 2.82 bits per heavy atom. The Kier molecular flexibility index (Phi) is 8.75. The summed E-state index contributed by atoms with van der Waals surface area (Å²) in [5, 5.41) is 6.41. The number of halogens is 1. The molecule has 9 heteroatoms. The number of fused-ring (bicyclic) bond motifs is 1. The van der Waals surface area contributed by atoms with Crippen LogP contribution in [0, 0.1) is 0 Å². The molecule has 0 bridgehead atoms. The Bertz CT molecular complexity index is 780. The van der Waals surface area contributed by atoms with Crippen LogP contribution in [0.4, 0.5) is 5.69 Å². The summed E-state index contributed by atoms with van der Waals surface area (Å²) in [6, 6.07) is 7.74. The molecular formula is C19H31IN4O2S2. The lowest BCUT2D eigenvalue weighted by molar-refractivity contribution is 0.590. The van der Waals surface area contributed by atoms with Crippen molar-refractivity contribution in [1.29, 1.82) is 0 Å². The van der Waals surface area contributed by atoms with E-state index in [0.29, 0.717) is 19.0 Å². The lowest BCUT2D eigenvalue weighted by atomic mass is 10.1. The van der Waals surface area contributed by atoms with Crippen LogP contribution in [-0.4, -0.2) is 56.8 Å². The first-order valence-electron chi connectivity index (χ1n) is 9.68. The Morgan fingerprint density at radius 2 is 2.11 bits per heavy atom. The van der Waals surface area contributed by atoms with Crippen LogP contribution < -0.4 is 14.9 Å². The second-order valence-electron chi connectivity index (χ2n) is 7.29. The minimum absolute atomic E-state index is 0. The quantitative estimate of drug-likeness (QED) is 0.318. The summed E-state index contributed by atoms with van der Waals surface area (Å²) in [5.41, 5.74) is 1.93. The van der Waals surface area contributed by atoms with E-state index in [9.17, 15) is 8.42 Å². The molecule has 1 fully saturated rings. The average Bonchev–Trinajstić information content (AvgIpc) is 3.27. The minimum atomic E-state index is -3.34. The molecule has 3 rings (SSSR count). The highest BCUT2D eigenvalue weighted by atomic mass is 127. The van der Waals surface area contributed by atoms with Gasteiger partial charge in [-0.1, -0.05) is 18.2 Å². The second kappa shape index (κ2) is 10.4. The van der Waals surface area contributed by atoms with E-state index >= 15 is 0 Å². The molecular weight excluding hydrogens is 507 g/mol. The molecule has 1 unspecified atom stereocenters. The van der Waals surface area contributed by atoms with Crippen molar-refractivity contribution < 1.29 is 8.42 Å². The van der Waals surface area contributed by atoms with Crippen LogP contribution in [-0.2, 0) is 16.4 Å². The Morgan fingerprint density at radius 1 is 1.32 bits per heavy atom. The number of hydrogen-bond acceptors (Lipinski definition) is 4. The highest BCUT2D eigenvalue weighted by Gasteiger charge is 2.30. The lowest BCUT2D eigenvalue weighted by Gasteiger charge is -2.22. The molecule has 1 aromatic rings. The minimum Gasteiger partial charge on any atom is -0.357 e. The van der Waals surface area contributed by atoms with Crippen molar-refractivity contribution in [3.63, 3.8) is 0 Å². The fourth-order valence-corrected chi connectivity index (χ4v) is 6.21. The van der Waals surface area contributed by atoms with Gasteiger partial charge in [0, 0.05) is 24.4 Å². The first kappa shape index (κ1) is 23.6. The predicted octanol–water partition coefficient (Wildman–Crippen LogP) is 2.84. The number of nitrogens with one attached hydrogen (secondary N) is 2. The van der Waals surface area contributed by atoms with Gasteiger partial charge in [0.2, 0.25) is 10.0 Å². The number of hydrogen-bond donors (Lipinski definition) is 2. The Hall–Kier alpha value is -0.680. The van der Waals surface area contributed by atoms with E-state index in [4.69, 9.17) is 0 Å². The Labute approximate surface area is 190 Å². The zero-order valence-electron chi connectivity index (χ0n) is 16.6. The molecule has 28 heavy (non-hydrogen) atoms. The Balaban J connectivity index is 0.00000280. The van der Waals surface area contributed by atoms with Gasteiger partial charge in [0.1, 0.15) is 0 Å². The molecule has 1 aromatic carbocycles. The number of benzene rings is 1. The fraction of sp³-hybridized carbons (Fsp3) is 0.632. The highest BCUT2D eigenvalue weighted by molar-refractivity contribution is 14.0. The number of anilines is 1. The van der Waals surface area contributed by atoms with Crippen LogP contribution in [0.25, 0.3) is 0 Å². The zero-order chi connectivity index (χ0) is 19.3. The van der Waals surface area contributed by atoms with Crippen LogP contribution >= 0.6 is 35.7 Å². The maximum absolute atomic E-state index is 12.8. The molecule has 0 radical (unpaired) electrons. The molecule has 2 heterocycles. The van der Waals surface area contributed by atoms with Crippen LogP contribution in [0.15, 0.2) is 29.3 Å². The largest absolute Gasteiger partial charge is 0.357 e. The van der Waals surface area contributed by atoms with Gasteiger partial charge in [0.25, 0.3) is 0 Å². The fourth-order valence-electron chi connectivity index (χ4n) is 3.56. The number of thioether (sulfide) groups is 1. The third kappa shape index (κ3) is 5.91. The average molecular weight is 539 g/mol. The third-order valence-electron chi connectivity index (χ3n) is 5.05. The van der Waals surface area contributed by atoms with Crippen molar-refractivity contribution in [2.75, 3.05) is 42.0 Å². The van der Waals surface area contributed by atoms with Crippen molar-refractivity contribution >= 4 is 57.4 Å². The van der Waals surface area contributed by atoms with Gasteiger partial charge in [0.05, 0.1) is 18.0 Å². The van der Waals surface area contributed by atoms with Gasteiger partial charge in [0.15, 0.2) is 5.96 Å². The maximum atomic E-state index is 12.8. The molecule has 0 saturated carbocycles. The normalized spacial score (nSPS) is 21.9. The van der Waals surface area contributed by atoms with Gasteiger partial charge in [-0.15, -0.1) is 24.0 Å². The highest BCUT2D eigenvalue weighted by Crippen LogP contribution is 2.37. The lowest BCUT2D eigenvalue weighted by Crippen LogP contribution is -2.42. The molecule has 2 aliphatic rings. The van der Waals surface area contributed by atoms with E-state index < -0.39 is 10.0 Å². The summed E-state index contributed by atoms with van der Waals surface area (Å²) in [5.74, 6) is 1.95. The van der Waals surface area contributed by atoms with Crippen molar-refractivity contribution in [3.8, 4) is 0 Å². The van der Waals surface area contributed by atoms with E-state index in [1.54, 1.807) is 4.31 Å². The van der Waals surface area contributed by atoms with Crippen molar-refractivity contribution in [1.82, 2.24) is 10.6 Å². The zero-order valence-corrected chi connectivity index (χ0v) is 20.6. The number of nitrogens with zero attached hydrogens (tertiary/aromatic N) is 2. The van der Waals surface area contributed by atoms with Crippen molar-refractivity contribution in [2.24, 2.45) is 4.99 Å². The number of sulfonamides is 1. The van der Waals surface area contributed by atoms with E-state index in [1.165, 1.54) is 18.6 Å². The molecule has 2 aliphatic heterocycles. The number of guanidine groups is 1. The first-order chi connectivity index (χ1) is 12.9. The molecule has 0 spiro atoms. The summed E-state index contributed by atoms with van der Waals surface area (Å²) in [6.07, 6.45) is 3.21. The SMILES string of the molecule is CCNC(=NCC1(C)CCCS1)NCCS(=O)(=O)N1CCc2ccccc21.I. The molecule has 158 valence electrons. The first-order valence-corrected chi connectivity index (χ1v) is 12.3. The maximum Gasteiger partial charge on any atom is 0.236 e.